The van der Waals surface area contributed by atoms with Crippen LogP contribution in [0.15, 0.2) is 54.6 Å². The Morgan fingerprint density at radius 2 is 1.64 bits per heavy atom. The van der Waals surface area contributed by atoms with Crippen LogP contribution in [0.3, 0.4) is 0 Å². The molecule has 25 heavy (non-hydrogen) atoms. The third-order valence-corrected chi connectivity index (χ3v) is 4.05. The van der Waals surface area contributed by atoms with E-state index in [2.05, 4.69) is 29.6 Å². The number of hydrogen-bond donors (Lipinski definition) is 2. The van der Waals surface area contributed by atoms with Crippen LogP contribution in [0.5, 0.6) is 5.75 Å². The third kappa shape index (κ3) is 7.26. The van der Waals surface area contributed by atoms with Crippen molar-refractivity contribution in [2.75, 3.05) is 20.3 Å². The van der Waals surface area contributed by atoms with Gasteiger partial charge in [-0.2, -0.15) is 0 Å². The van der Waals surface area contributed by atoms with Gasteiger partial charge in [0.15, 0.2) is 6.23 Å². The maximum atomic E-state index is 9.96. The highest BCUT2D eigenvalue weighted by atomic mass is 16.5. The Bertz CT molecular complexity index is 584. The Morgan fingerprint density at radius 1 is 0.960 bits per heavy atom. The monoisotopic (exact) mass is 343 g/mol. The van der Waals surface area contributed by atoms with Gasteiger partial charge >= 0.3 is 0 Å². The maximum Gasteiger partial charge on any atom is 0.176 e. The van der Waals surface area contributed by atoms with E-state index in [1.54, 1.807) is 14.0 Å². The van der Waals surface area contributed by atoms with E-state index in [0.717, 1.165) is 31.6 Å². The highest BCUT2D eigenvalue weighted by Gasteiger charge is 2.15. The second kappa shape index (κ2) is 10.9. The minimum absolute atomic E-state index is 0.416. The number of aliphatic hydroxyl groups excluding tert-OH is 1. The van der Waals surface area contributed by atoms with Gasteiger partial charge in [-0.3, -0.25) is 5.32 Å². The molecule has 2 rings (SSSR count). The second-order valence-electron chi connectivity index (χ2n) is 6.21. The lowest BCUT2D eigenvalue weighted by Gasteiger charge is -2.23. The van der Waals surface area contributed by atoms with Crippen molar-refractivity contribution in [3.63, 3.8) is 0 Å². The molecular formula is C21H29NO3. The van der Waals surface area contributed by atoms with Gasteiger partial charge in [-0.25, -0.2) is 0 Å². The van der Waals surface area contributed by atoms with Crippen LogP contribution in [0.4, 0.5) is 0 Å². The molecule has 0 radical (unpaired) electrons. The molecule has 0 aliphatic heterocycles. The zero-order valence-corrected chi connectivity index (χ0v) is 15.2. The fourth-order valence-electron chi connectivity index (χ4n) is 2.59. The molecule has 0 saturated carbocycles. The quantitative estimate of drug-likeness (QED) is 0.486. The third-order valence-electron chi connectivity index (χ3n) is 4.05. The number of methoxy groups -OCH3 is 1. The predicted molar refractivity (Wildman–Crippen MR) is 101 cm³/mol. The molecule has 0 amide bonds. The van der Waals surface area contributed by atoms with Crippen LogP contribution >= 0.6 is 0 Å². The van der Waals surface area contributed by atoms with Crippen LogP contribution in [-0.2, 0) is 17.6 Å². The van der Waals surface area contributed by atoms with E-state index < -0.39 is 12.3 Å². The minimum atomic E-state index is -0.593. The van der Waals surface area contributed by atoms with Crippen molar-refractivity contribution >= 4 is 0 Å². The largest absolute Gasteiger partial charge is 0.473 e. The molecule has 0 aromatic heterocycles. The summed E-state index contributed by atoms with van der Waals surface area (Å²) >= 11 is 0. The van der Waals surface area contributed by atoms with Crippen molar-refractivity contribution in [2.24, 2.45) is 0 Å². The summed E-state index contributed by atoms with van der Waals surface area (Å²) in [5, 5.41) is 13.3. The number of benzene rings is 2. The average molecular weight is 343 g/mol. The van der Waals surface area contributed by atoms with Crippen molar-refractivity contribution in [3.8, 4) is 5.75 Å². The molecule has 2 atom stereocenters. The number of rotatable bonds is 11. The standard InChI is InChI=1S/C21H29NO3/c1-17(23)21(22-15-6-9-18-7-4-3-5-8-18)25-20-12-10-19(11-13-20)14-16-24-2/h3-5,7-8,10-13,17,21-23H,6,9,14-16H2,1-2H3. The molecule has 0 heterocycles. The number of hydrogen-bond acceptors (Lipinski definition) is 4. The molecule has 2 aromatic carbocycles. The van der Waals surface area contributed by atoms with Gasteiger partial charge in [0.2, 0.25) is 0 Å². The molecule has 0 aliphatic rings. The van der Waals surface area contributed by atoms with Crippen LogP contribution in [-0.4, -0.2) is 37.7 Å². The summed E-state index contributed by atoms with van der Waals surface area (Å²) in [6.45, 7) is 3.23. The van der Waals surface area contributed by atoms with Crippen LogP contribution in [0, 0.1) is 0 Å². The fraction of sp³-hybridized carbons (Fsp3) is 0.429. The van der Waals surface area contributed by atoms with E-state index in [9.17, 15) is 5.11 Å². The molecule has 0 spiro atoms. The summed E-state index contributed by atoms with van der Waals surface area (Å²) in [7, 11) is 1.70. The van der Waals surface area contributed by atoms with E-state index >= 15 is 0 Å². The molecule has 0 saturated heterocycles. The van der Waals surface area contributed by atoms with Crippen LogP contribution in [0.25, 0.3) is 0 Å². The molecule has 0 aliphatic carbocycles. The Hall–Kier alpha value is -1.88. The summed E-state index contributed by atoms with van der Waals surface area (Å²) in [6.07, 6.45) is 1.88. The van der Waals surface area contributed by atoms with E-state index in [-0.39, 0.29) is 0 Å². The van der Waals surface area contributed by atoms with Gasteiger partial charge in [0, 0.05) is 7.11 Å². The average Bonchev–Trinajstić information content (AvgIpc) is 2.64. The van der Waals surface area contributed by atoms with E-state index in [1.165, 1.54) is 11.1 Å². The van der Waals surface area contributed by atoms with Gasteiger partial charge in [0.05, 0.1) is 6.61 Å². The topological polar surface area (TPSA) is 50.7 Å². The zero-order chi connectivity index (χ0) is 17.9. The Morgan fingerprint density at radius 3 is 2.28 bits per heavy atom. The predicted octanol–water partition coefficient (Wildman–Crippen LogP) is 3.18. The van der Waals surface area contributed by atoms with Crippen molar-refractivity contribution in [1.29, 1.82) is 0 Å². The summed E-state index contributed by atoms with van der Waals surface area (Å²) in [4.78, 5) is 0. The van der Waals surface area contributed by atoms with Crippen LogP contribution in [0.1, 0.15) is 24.5 Å². The normalized spacial score (nSPS) is 13.4. The van der Waals surface area contributed by atoms with Gasteiger partial charge < -0.3 is 14.6 Å². The molecule has 0 bridgehead atoms. The maximum absolute atomic E-state index is 9.96. The number of aliphatic hydroxyl groups is 1. The smallest absolute Gasteiger partial charge is 0.176 e. The minimum Gasteiger partial charge on any atom is -0.473 e. The first-order valence-electron chi connectivity index (χ1n) is 8.89. The molecule has 4 heteroatoms. The number of nitrogens with one attached hydrogen (secondary N) is 1. The van der Waals surface area contributed by atoms with Crippen molar-refractivity contribution in [2.45, 2.75) is 38.5 Å². The van der Waals surface area contributed by atoms with Gasteiger partial charge in [-0.15, -0.1) is 0 Å². The van der Waals surface area contributed by atoms with Gasteiger partial charge in [-0.05, 0) is 56.0 Å². The fourth-order valence-corrected chi connectivity index (χ4v) is 2.59. The molecule has 2 unspecified atom stereocenters. The zero-order valence-electron chi connectivity index (χ0n) is 15.2. The highest BCUT2D eigenvalue weighted by Crippen LogP contribution is 2.15. The lowest BCUT2D eigenvalue weighted by atomic mass is 10.1. The summed E-state index contributed by atoms with van der Waals surface area (Å²) < 4.78 is 11.0. The number of ether oxygens (including phenoxy) is 2. The molecule has 4 nitrogen and oxygen atoms in total. The van der Waals surface area contributed by atoms with Crippen molar-refractivity contribution in [1.82, 2.24) is 5.32 Å². The first-order chi connectivity index (χ1) is 12.2. The van der Waals surface area contributed by atoms with Crippen molar-refractivity contribution in [3.05, 3.63) is 65.7 Å². The first-order valence-corrected chi connectivity index (χ1v) is 8.89. The van der Waals surface area contributed by atoms with Gasteiger partial charge in [-0.1, -0.05) is 42.5 Å². The lowest BCUT2D eigenvalue weighted by Crippen LogP contribution is -2.43. The summed E-state index contributed by atoms with van der Waals surface area (Å²) in [5.41, 5.74) is 2.53. The molecule has 2 N–H and O–H groups in total. The summed E-state index contributed by atoms with van der Waals surface area (Å²) in [5.74, 6) is 0.752. The van der Waals surface area contributed by atoms with E-state index in [0.29, 0.717) is 6.61 Å². The molecule has 2 aromatic rings. The second-order valence-corrected chi connectivity index (χ2v) is 6.21. The Kier molecular flexibility index (Phi) is 8.46. The first kappa shape index (κ1) is 19.4. The number of aryl methyl sites for hydroxylation is 1. The molecular weight excluding hydrogens is 314 g/mol. The van der Waals surface area contributed by atoms with Crippen LogP contribution < -0.4 is 10.1 Å². The molecule has 136 valence electrons. The Balaban J connectivity index is 1.77. The Labute approximate surface area is 150 Å². The van der Waals surface area contributed by atoms with Gasteiger partial charge in [0.25, 0.3) is 0 Å². The van der Waals surface area contributed by atoms with E-state index in [4.69, 9.17) is 9.47 Å². The van der Waals surface area contributed by atoms with Gasteiger partial charge in [0.1, 0.15) is 11.9 Å². The van der Waals surface area contributed by atoms with Crippen LogP contribution in [0.2, 0.25) is 0 Å². The molecule has 0 fully saturated rings. The van der Waals surface area contributed by atoms with Crippen molar-refractivity contribution < 1.29 is 14.6 Å². The lowest BCUT2D eigenvalue weighted by molar-refractivity contribution is 0.0270. The SMILES string of the molecule is COCCc1ccc(OC(NCCCc2ccccc2)C(C)O)cc1. The highest BCUT2D eigenvalue weighted by molar-refractivity contribution is 5.27. The summed E-state index contributed by atoms with van der Waals surface area (Å²) in [6, 6.07) is 18.3. The van der Waals surface area contributed by atoms with E-state index in [1.807, 2.05) is 30.3 Å².